The molecule has 0 saturated heterocycles. The van der Waals surface area contributed by atoms with Crippen LogP contribution in [0.4, 0.5) is 0 Å². The molecule has 0 amide bonds. The molecular formula is C17H22N2O2. The van der Waals surface area contributed by atoms with Crippen LogP contribution in [0.15, 0.2) is 30.3 Å². The molecule has 1 aromatic carbocycles. The number of hydrogen-bond donors (Lipinski definition) is 1. The first-order valence-electron chi connectivity index (χ1n) is 7.64. The van der Waals surface area contributed by atoms with Gasteiger partial charge in [-0.05, 0) is 43.7 Å². The van der Waals surface area contributed by atoms with Gasteiger partial charge < -0.3 is 10.0 Å². The Morgan fingerprint density at radius 3 is 2.48 bits per heavy atom. The van der Waals surface area contributed by atoms with E-state index in [1.165, 1.54) is 31.4 Å². The number of benzene rings is 1. The molecule has 1 fully saturated rings. The van der Waals surface area contributed by atoms with Crippen molar-refractivity contribution in [3.8, 4) is 0 Å². The van der Waals surface area contributed by atoms with E-state index in [0.29, 0.717) is 11.6 Å². The van der Waals surface area contributed by atoms with Gasteiger partial charge in [0.15, 0.2) is 0 Å². The summed E-state index contributed by atoms with van der Waals surface area (Å²) in [5, 5.41) is 9.01. The standard InChI is InChI=1S/C17H22N2O2/c1-18-11-10-16(19(12-18)15-4-2-3-5-15)13-6-8-14(9-7-13)17(20)21/h6-10,15H,2-5,11-12H2,1H3,(H,20,21). The van der Waals surface area contributed by atoms with Crippen LogP contribution < -0.4 is 0 Å². The highest BCUT2D eigenvalue weighted by Crippen LogP contribution is 2.32. The van der Waals surface area contributed by atoms with Gasteiger partial charge in [-0.2, -0.15) is 0 Å². The van der Waals surface area contributed by atoms with Crippen LogP contribution in [-0.4, -0.2) is 47.2 Å². The van der Waals surface area contributed by atoms with Crippen LogP contribution in [0.5, 0.6) is 0 Å². The van der Waals surface area contributed by atoms with Crippen molar-refractivity contribution in [1.82, 2.24) is 9.80 Å². The van der Waals surface area contributed by atoms with Crippen LogP contribution in [0, 0.1) is 0 Å². The fourth-order valence-corrected chi connectivity index (χ4v) is 3.35. The van der Waals surface area contributed by atoms with Gasteiger partial charge in [-0.15, -0.1) is 0 Å². The van der Waals surface area contributed by atoms with Crippen molar-refractivity contribution in [2.75, 3.05) is 20.3 Å². The van der Waals surface area contributed by atoms with Crippen molar-refractivity contribution in [2.24, 2.45) is 0 Å². The van der Waals surface area contributed by atoms with E-state index in [0.717, 1.165) is 18.8 Å². The van der Waals surface area contributed by atoms with Crippen molar-refractivity contribution in [1.29, 1.82) is 0 Å². The molecule has 1 aliphatic carbocycles. The Kier molecular flexibility index (Phi) is 3.97. The average Bonchev–Trinajstić information content (AvgIpc) is 3.01. The minimum atomic E-state index is -0.869. The maximum Gasteiger partial charge on any atom is 0.335 e. The molecule has 0 spiro atoms. The molecule has 0 atom stereocenters. The van der Waals surface area contributed by atoms with Crippen LogP contribution in [0.1, 0.15) is 41.6 Å². The van der Waals surface area contributed by atoms with Gasteiger partial charge in [-0.1, -0.05) is 25.0 Å². The Morgan fingerprint density at radius 1 is 1.19 bits per heavy atom. The summed E-state index contributed by atoms with van der Waals surface area (Å²) in [6, 6.07) is 7.89. The molecule has 112 valence electrons. The van der Waals surface area contributed by atoms with Gasteiger partial charge in [0.25, 0.3) is 0 Å². The Hall–Kier alpha value is -1.81. The summed E-state index contributed by atoms with van der Waals surface area (Å²) in [6.45, 7) is 1.90. The van der Waals surface area contributed by atoms with Crippen LogP contribution in [0.3, 0.4) is 0 Å². The number of rotatable bonds is 3. The lowest BCUT2D eigenvalue weighted by Crippen LogP contribution is -2.43. The summed E-state index contributed by atoms with van der Waals surface area (Å²) in [5.41, 5.74) is 2.73. The molecule has 2 aliphatic rings. The van der Waals surface area contributed by atoms with Crippen LogP contribution in [0.2, 0.25) is 0 Å². The van der Waals surface area contributed by atoms with E-state index in [-0.39, 0.29) is 0 Å². The predicted octanol–water partition coefficient (Wildman–Crippen LogP) is 2.87. The van der Waals surface area contributed by atoms with Crippen molar-refractivity contribution in [3.63, 3.8) is 0 Å². The first-order valence-corrected chi connectivity index (χ1v) is 7.64. The zero-order valence-electron chi connectivity index (χ0n) is 12.5. The maximum atomic E-state index is 11.0. The molecule has 4 heteroatoms. The van der Waals surface area contributed by atoms with Crippen molar-refractivity contribution < 1.29 is 9.90 Å². The van der Waals surface area contributed by atoms with Crippen LogP contribution in [0.25, 0.3) is 5.70 Å². The molecule has 0 unspecified atom stereocenters. The molecule has 0 radical (unpaired) electrons. The summed E-state index contributed by atoms with van der Waals surface area (Å²) in [6.07, 6.45) is 7.42. The number of nitrogens with zero attached hydrogens (tertiary/aromatic N) is 2. The SMILES string of the molecule is CN1CC=C(c2ccc(C(=O)O)cc2)N(C2CCCC2)C1. The highest BCUT2D eigenvalue weighted by molar-refractivity contribution is 5.88. The monoisotopic (exact) mass is 286 g/mol. The lowest BCUT2D eigenvalue weighted by Gasteiger charge is -2.40. The second-order valence-electron chi connectivity index (χ2n) is 6.06. The lowest BCUT2D eigenvalue weighted by atomic mass is 10.0. The van der Waals surface area contributed by atoms with Gasteiger partial charge in [0.1, 0.15) is 0 Å². The van der Waals surface area contributed by atoms with Gasteiger partial charge in [0.2, 0.25) is 0 Å². The largest absolute Gasteiger partial charge is 0.478 e. The molecule has 1 saturated carbocycles. The second-order valence-corrected chi connectivity index (χ2v) is 6.06. The quantitative estimate of drug-likeness (QED) is 0.928. The van der Waals surface area contributed by atoms with E-state index in [4.69, 9.17) is 5.11 Å². The van der Waals surface area contributed by atoms with Crippen molar-refractivity contribution in [2.45, 2.75) is 31.7 Å². The van der Waals surface area contributed by atoms with E-state index in [9.17, 15) is 4.79 Å². The van der Waals surface area contributed by atoms with E-state index >= 15 is 0 Å². The highest BCUT2D eigenvalue weighted by atomic mass is 16.4. The number of hydrogen-bond acceptors (Lipinski definition) is 3. The number of carboxylic acid groups (broad SMARTS) is 1. The minimum absolute atomic E-state index is 0.347. The van der Waals surface area contributed by atoms with E-state index in [1.54, 1.807) is 12.1 Å². The first-order chi connectivity index (χ1) is 10.1. The molecule has 0 bridgehead atoms. The zero-order valence-corrected chi connectivity index (χ0v) is 12.5. The number of carbonyl (C=O) groups is 1. The summed E-state index contributed by atoms with van der Waals surface area (Å²) in [4.78, 5) is 15.8. The second kappa shape index (κ2) is 5.90. The van der Waals surface area contributed by atoms with E-state index < -0.39 is 5.97 Å². The smallest absolute Gasteiger partial charge is 0.335 e. The average molecular weight is 286 g/mol. The Morgan fingerprint density at radius 2 is 1.86 bits per heavy atom. The predicted molar refractivity (Wildman–Crippen MR) is 83.0 cm³/mol. The molecule has 1 heterocycles. The number of likely N-dealkylation sites (N-methyl/N-ethyl adjacent to an activating group) is 1. The van der Waals surface area contributed by atoms with E-state index in [1.807, 2.05) is 12.1 Å². The third-order valence-corrected chi connectivity index (χ3v) is 4.49. The molecule has 0 aromatic heterocycles. The summed E-state index contributed by atoms with van der Waals surface area (Å²) < 4.78 is 0. The molecule has 4 nitrogen and oxygen atoms in total. The molecule has 1 aliphatic heterocycles. The molecule has 1 aromatic rings. The van der Waals surface area contributed by atoms with Gasteiger partial charge in [-0.3, -0.25) is 4.90 Å². The minimum Gasteiger partial charge on any atom is -0.478 e. The molecule has 1 N–H and O–H groups in total. The molecular weight excluding hydrogens is 264 g/mol. The molecule has 3 rings (SSSR count). The number of carboxylic acids is 1. The highest BCUT2D eigenvalue weighted by Gasteiger charge is 2.27. The van der Waals surface area contributed by atoms with Crippen molar-refractivity contribution in [3.05, 3.63) is 41.5 Å². The third kappa shape index (κ3) is 2.95. The van der Waals surface area contributed by atoms with Crippen LogP contribution >= 0.6 is 0 Å². The maximum absolute atomic E-state index is 11.0. The van der Waals surface area contributed by atoms with Gasteiger partial charge in [0, 0.05) is 18.3 Å². The van der Waals surface area contributed by atoms with Crippen molar-refractivity contribution >= 4 is 11.7 Å². The Balaban J connectivity index is 1.88. The van der Waals surface area contributed by atoms with Crippen LogP contribution in [-0.2, 0) is 0 Å². The Bertz CT molecular complexity index is 544. The molecule has 21 heavy (non-hydrogen) atoms. The van der Waals surface area contributed by atoms with Gasteiger partial charge in [0.05, 0.1) is 12.2 Å². The third-order valence-electron chi connectivity index (χ3n) is 4.49. The summed E-state index contributed by atoms with van der Waals surface area (Å²) in [5.74, 6) is -0.869. The number of aromatic carboxylic acids is 1. The fourth-order valence-electron chi connectivity index (χ4n) is 3.35. The lowest BCUT2D eigenvalue weighted by molar-refractivity contribution is 0.0697. The fraction of sp³-hybridized carbons (Fsp3) is 0.471. The zero-order chi connectivity index (χ0) is 14.8. The summed E-state index contributed by atoms with van der Waals surface area (Å²) >= 11 is 0. The Labute approximate surface area is 125 Å². The van der Waals surface area contributed by atoms with Gasteiger partial charge in [-0.25, -0.2) is 4.79 Å². The topological polar surface area (TPSA) is 43.8 Å². The first kappa shape index (κ1) is 14.1. The van der Waals surface area contributed by atoms with E-state index in [2.05, 4.69) is 22.9 Å². The van der Waals surface area contributed by atoms with Gasteiger partial charge >= 0.3 is 5.97 Å². The summed E-state index contributed by atoms with van der Waals surface area (Å²) in [7, 11) is 2.14. The normalized spacial score (nSPS) is 20.6.